The van der Waals surface area contributed by atoms with Crippen LogP contribution < -0.4 is 10.2 Å². The first-order valence-corrected chi connectivity index (χ1v) is 13.8. The quantitative estimate of drug-likeness (QED) is 0.165. The molecule has 0 spiro atoms. The molecule has 3 aromatic heterocycles. The molecular weight excluding hydrogens is 520 g/mol. The molecular formula is C29H32N10O2. The summed E-state index contributed by atoms with van der Waals surface area (Å²) in [6.45, 7) is 5.74. The Labute approximate surface area is 238 Å². The minimum absolute atomic E-state index is 0.128. The largest absolute Gasteiger partial charge is 0.468 e. The van der Waals surface area contributed by atoms with Gasteiger partial charge in [0.05, 0.1) is 43.6 Å². The van der Waals surface area contributed by atoms with Crippen LogP contribution in [0.4, 0.5) is 11.5 Å². The van der Waals surface area contributed by atoms with Crippen molar-refractivity contribution in [3.05, 3.63) is 60.6 Å². The van der Waals surface area contributed by atoms with Gasteiger partial charge in [0.1, 0.15) is 5.82 Å². The average Bonchev–Trinajstić information content (AvgIpc) is 3.46. The van der Waals surface area contributed by atoms with Crippen molar-refractivity contribution in [3.8, 4) is 17.6 Å². The number of benzene rings is 1. The number of hydrogen-bond donors (Lipinski definition) is 1. The first-order valence-electron chi connectivity index (χ1n) is 13.8. The molecule has 41 heavy (non-hydrogen) atoms. The van der Waals surface area contributed by atoms with Gasteiger partial charge in [-0.25, -0.2) is 20.0 Å². The number of amidine groups is 1. The Morgan fingerprint density at radius 1 is 1.10 bits per heavy atom. The highest BCUT2D eigenvalue weighted by atomic mass is 16.5. The fourth-order valence-electron chi connectivity index (χ4n) is 5.37. The maximum atomic E-state index is 8.87. The third-order valence-corrected chi connectivity index (χ3v) is 7.49. The van der Waals surface area contributed by atoms with Crippen LogP contribution in [0.1, 0.15) is 24.4 Å². The molecule has 0 saturated carbocycles. The maximum Gasteiger partial charge on any atom is 0.303 e. The molecule has 0 amide bonds. The molecule has 0 radical (unpaired) electrons. The van der Waals surface area contributed by atoms with Gasteiger partial charge in [0.2, 0.25) is 0 Å². The monoisotopic (exact) mass is 552 g/mol. The van der Waals surface area contributed by atoms with Gasteiger partial charge in [0.25, 0.3) is 0 Å². The number of rotatable bonds is 6. The number of nitriles is 1. The van der Waals surface area contributed by atoms with Gasteiger partial charge in [-0.1, -0.05) is 6.07 Å². The van der Waals surface area contributed by atoms with Crippen LogP contribution in [0.3, 0.4) is 0 Å². The van der Waals surface area contributed by atoms with E-state index in [0.717, 1.165) is 68.0 Å². The van der Waals surface area contributed by atoms with Crippen molar-refractivity contribution < 1.29 is 9.47 Å². The predicted molar refractivity (Wildman–Crippen MR) is 154 cm³/mol. The molecule has 12 heteroatoms. The summed E-state index contributed by atoms with van der Waals surface area (Å²) < 4.78 is 12.8. The third kappa shape index (κ3) is 5.96. The van der Waals surface area contributed by atoms with Gasteiger partial charge in [-0.15, -0.1) is 0 Å². The Hall–Kier alpha value is -4.60. The summed E-state index contributed by atoms with van der Waals surface area (Å²) in [5, 5.41) is 17.1. The number of nitrogens with zero attached hydrogens (tertiary/aromatic N) is 9. The number of morpholine rings is 1. The van der Waals surface area contributed by atoms with Crippen molar-refractivity contribution in [3.63, 3.8) is 0 Å². The number of fused-ring (bicyclic) bond motifs is 1. The average molecular weight is 553 g/mol. The lowest BCUT2D eigenvalue weighted by Crippen LogP contribution is -2.37. The van der Waals surface area contributed by atoms with Crippen LogP contribution in [-0.4, -0.2) is 82.2 Å². The second-order valence-corrected chi connectivity index (χ2v) is 10.1. The molecule has 0 atom stereocenters. The van der Waals surface area contributed by atoms with Crippen molar-refractivity contribution in [2.24, 2.45) is 4.99 Å². The number of pyridine rings is 1. The minimum Gasteiger partial charge on any atom is -0.468 e. The number of likely N-dealkylation sites (tertiary alicyclic amines) is 1. The molecule has 2 aliphatic heterocycles. The fraction of sp³-hybridized carbons (Fsp3) is 0.379. The second-order valence-electron chi connectivity index (χ2n) is 10.1. The molecule has 12 nitrogen and oxygen atoms in total. The lowest BCUT2D eigenvalue weighted by Gasteiger charge is -2.32. The molecule has 5 heterocycles. The lowest BCUT2D eigenvalue weighted by molar-refractivity contribution is 0.122. The molecule has 1 aromatic carbocycles. The van der Waals surface area contributed by atoms with Crippen LogP contribution in [0.25, 0.3) is 22.4 Å². The highest BCUT2D eigenvalue weighted by molar-refractivity contribution is 5.89. The Bertz CT molecular complexity index is 1530. The standard InChI is InChI=1S/C29H32N10O2/c1-40-29(32-20-30)34-23-6-4-22(5-7-23)26-35-27(38-13-15-41-16-14-38)25-18-33-39(28(25)36-26)24-8-11-37(12-9-24)19-21-3-2-10-31-17-21/h2-7,10,17-18,24H,8-9,11-16,19H2,1H3,(H,32,34). The summed E-state index contributed by atoms with van der Waals surface area (Å²) in [5.74, 6) is 1.52. The second kappa shape index (κ2) is 12.3. The van der Waals surface area contributed by atoms with Gasteiger partial charge in [0.15, 0.2) is 17.7 Å². The molecule has 0 aliphatic carbocycles. The van der Waals surface area contributed by atoms with Gasteiger partial charge in [0, 0.05) is 50.7 Å². The summed E-state index contributed by atoms with van der Waals surface area (Å²) in [5.41, 5.74) is 3.60. The number of nitrogens with one attached hydrogen (secondary N) is 1. The molecule has 0 unspecified atom stereocenters. The van der Waals surface area contributed by atoms with Crippen LogP contribution >= 0.6 is 0 Å². The van der Waals surface area contributed by atoms with Gasteiger partial charge in [-0.2, -0.15) is 15.4 Å². The van der Waals surface area contributed by atoms with E-state index in [1.807, 2.05) is 55.1 Å². The van der Waals surface area contributed by atoms with Crippen molar-refractivity contribution in [1.82, 2.24) is 34.9 Å². The third-order valence-electron chi connectivity index (χ3n) is 7.49. The highest BCUT2D eigenvalue weighted by Gasteiger charge is 2.26. The molecule has 210 valence electrons. The van der Waals surface area contributed by atoms with Crippen molar-refractivity contribution in [2.45, 2.75) is 25.4 Å². The van der Waals surface area contributed by atoms with Crippen molar-refractivity contribution in [1.29, 1.82) is 5.26 Å². The van der Waals surface area contributed by atoms with Crippen molar-refractivity contribution in [2.75, 3.05) is 51.4 Å². The van der Waals surface area contributed by atoms with Crippen LogP contribution in [0, 0.1) is 11.5 Å². The van der Waals surface area contributed by atoms with E-state index < -0.39 is 0 Å². The lowest BCUT2D eigenvalue weighted by atomic mass is 10.0. The van der Waals surface area contributed by atoms with E-state index in [1.165, 1.54) is 12.7 Å². The fourth-order valence-corrected chi connectivity index (χ4v) is 5.37. The number of aliphatic imine (C=N–C) groups is 1. The number of hydrogen-bond acceptors (Lipinski definition) is 10. The Balaban J connectivity index is 1.29. The SMILES string of the molecule is COC(=Nc1ccc(-c2nc(N3CCOCC3)c3cnn(C4CCN(Cc5cccnc5)CC4)c3n2)cc1)NC#N. The molecule has 4 aromatic rings. The van der Waals surface area contributed by atoms with E-state index >= 15 is 0 Å². The summed E-state index contributed by atoms with van der Waals surface area (Å²) in [6, 6.07) is 12.1. The molecule has 2 saturated heterocycles. The van der Waals surface area contributed by atoms with E-state index in [4.69, 9.17) is 29.8 Å². The van der Waals surface area contributed by atoms with E-state index in [1.54, 1.807) is 0 Å². The van der Waals surface area contributed by atoms with Crippen LogP contribution in [0.2, 0.25) is 0 Å². The number of aromatic nitrogens is 5. The predicted octanol–water partition coefficient (Wildman–Crippen LogP) is 3.27. The van der Waals surface area contributed by atoms with E-state index in [9.17, 15) is 0 Å². The van der Waals surface area contributed by atoms with E-state index in [0.29, 0.717) is 24.7 Å². The summed E-state index contributed by atoms with van der Waals surface area (Å²) in [7, 11) is 1.46. The zero-order chi connectivity index (χ0) is 28.0. The zero-order valence-corrected chi connectivity index (χ0v) is 23.0. The molecule has 0 bridgehead atoms. The Kier molecular flexibility index (Phi) is 7.97. The number of anilines is 1. The topological polar surface area (TPSA) is 130 Å². The van der Waals surface area contributed by atoms with Gasteiger partial charge >= 0.3 is 6.02 Å². The normalized spacial score (nSPS) is 17.0. The molecule has 2 fully saturated rings. The summed E-state index contributed by atoms with van der Waals surface area (Å²) >= 11 is 0. The van der Waals surface area contributed by atoms with Crippen LogP contribution in [0.5, 0.6) is 0 Å². The van der Waals surface area contributed by atoms with Crippen LogP contribution in [0.15, 0.2) is 60.0 Å². The first-order chi connectivity index (χ1) is 20.2. The number of methoxy groups -OCH3 is 1. The Morgan fingerprint density at radius 3 is 2.61 bits per heavy atom. The minimum atomic E-state index is 0.128. The molecule has 6 rings (SSSR count). The number of piperidine rings is 1. The zero-order valence-electron chi connectivity index (χ0n) is 23.0. The molecule has 1 N–H and O–H groups in total. The summed E-state index contributed by atoms with van der Waals surface area (Å²) in [6.07, 6.45) is 9.48. The van der Waals surface area contributed by atoms with Gasteiger partial charge in [-0.05, 0) is 48.7 Å². The smallest absolute Gasteiger partial charge is 0.303 e. The maximum absolute atomic E-state index is 8.87. The van der Waals surface area contributed by atoms with E-state index in [-0.39, 0.29) is 12.1 Å². The highest BCUT2D eigenvalue weighted by Crippen LogP contribution is 2.32. The Morgan fingerprint density at radius 2 is 1.90 bits per heavy atom. The molecule has 2 aliphatic rings. The summed E-state index contributed by atoms with van der Waals surface area (Å²) in [4.78, 5) is 23.4. The van der Waals surface area contributed by atoms with Gasteiger partial charge in [-0.3, -0.25) is 9.88 Å². The van der Waals surface area contributed by atoms with Gasteiger partial charge < -0.3 is 14.4 Å². The van der Waals surface area contributed by atoms with Crippen molar-refractivity contribution >= 4 is 28.6 Å². The number of ether oxygens (including phenoxy) is 2. The van der Waals surface area contributed by atoms with Crippen LogP contribution in [-0.2, 0) is 16.0 Å². The van der Waals surface area contributed by atoms with E-state index in [2.05, 4.69) is 35.8 Å². The first kappa shape index (κ1) is 26.6.